The van der Waals surface area contributed by atoms with Crippen molar-refractivity contribution in [2.24, 2.45) is 0 Å². The van der Waals surface area contributed by atoms with Gasteiger partial charge in [-0.05, 0) is 130 Å². The first-order valence-corrected chi connectivity index (χ1v) is 20.3. The molecular formula is C44H44N2O8S2. The van der Waals surface area contributed by atoms with Crippen LogP contribution in [0.1, 0.15) is 43.0 Å². The molecule has 0 unspecified atom stereocenters. The normalized spacial score (nSPS) is 11.3. The van der Waals surface area contributed by atoms with Crippen molar-refractivity contribution in [2.45, 2.75) is 73.0 Å². The molecule has 6 rings (SSSR count). The number of nitrogens with zero attached hydrogens (tertiary/aromatic N) is 2. The number of hydrogen-bond donors (Lipinski definition) is 0. The van der Waals surface area contributed by atoms with Gasteiger partial charge in [0.1, 0.15) is 46.2 Å². The van der Waals surface area contributed by atoms with Crippen molar-refractivity contribution in [1.29, 1.82) is 0 Å². The average molecular weight is 793 g/mol. The molecule has 12 heteroatoms. The molecular weight excluding hydrogens is 749 g/mol. The van der Waals surface area contributed by atoms with E-state index in [2.05, 4.69) is 34.2 Å². The Balaban J connectivity index is 0.000000427. The summed E-state index contributed by atoms with van der Waals surface area (Å²) in [6.07, 6.45) is 7.04. The molecule has 10 nitrogen and oxygen atoms in total. The Kier molecular flexibility index (Phi) is 14.3. The molecule has 0 aliphatic heterocycles. The van der Waals surface area contributed by atoms with Crippen LogP contribution in [0, 0.1) is 13.8 Å². The number of carbonyl (C=O) groups excluding carboxylic acids is 1. The zero-order valence-corrected chi connectivity index (χ0v) is 33.5. The summed E-state index contributed by atoms with van der Waals surface area (Å²) < 4.78 is 55.2. The van der Waals surface area contributed by atoms with E-state index in [1.54, 1.807) is 43.8 Å². The minimum Gasteiger partial charge on any atom is -0.744 e. The highest BCUT2D eigenvalue weighted by molar-refractivity contribution is 7.97. The lowest BCUT2D eigenvalue weighted by Gasteiger charge is -2.19. The van der Waals surface area contributed by atoms with E-state index in [1.807, 2.05) is 100 Å². The lowest BCUT2D eigenvalue weighted by molar-refractivity contribution is -0.157. The van der Waals surface area contributed by atoms with Crippen LogP contribution in [0.3, 0.4) is 0 Å². The van der Waals surface area contributed by atoms with Gasteiger partial charge in [-0.1, -0.05) is 29.8 Å². The fourth-order valence-electron chi connectivity index (χ4n) is 5.35. The highest BCUT2D eigenvalue weighted by Gasteiger charge is 2.30. The van der Waals surface area contributed by atoms with Gasteiger partial charge in [0, 0.05) is 36.9 Å². The van der Waals surface area contributed by atoms with Gasteiger partial charge in [0.2, 0.25) is 0 Å². The number of carbonyl (C=O) groups is 1. The molecule has 2 heterocycles. The van der Waals surface area contributed by atoms with E-state index in [0.717, 1.165) is 42.9 Å². The van der Waals surface area contributed by atoms with E-state index >= 15 is 0 Å². The van der Waals surface area contributed by atoms with Crippen molar-refractivity contribution < 1.29 is 36.7 Å². The fraction of sp³-hybridized carbons (Fsp3) is 0.205. The number of pyridine rings is 2. The molecule has 0 radical (unpaired) electrons. The lowest BCUT2D eigenvalue weighted by Crippen LogP contribution is -2.27. The van der Waals surface area contributed by atoms with Gasteiger partial charge in [0.05, 0.1) is 15.8 Å². The Morgan fingerprint density at radius 3 is 1.62 bits per heavy atom. The van der Waals surface area contributed by atoms with Gasteiger partial charge < -0.3 is 23.5 Å². The van der Waals surface area contributed by atoms with E-state index in [9.17, 15) is 17.8 Å². The number of ether oxygens (including phenoxy) is 4. The molecule has 4 aromatic carbocycles. The first-order chi connectivity index (χ1) is 26.7. The standard InChI is InChI=1S/C36H35N2O5S.C8H10O3S/c1-36(2,3)43-35(39)26-42-29-10-12-32(13-11-29)44(33-8-4-6-30(22-33)40-24-27-14-18-37-19-15-27)34-9-5-7-31(23-34)41-25-28-16-20-38-21-17-28;1-6-3-4-8(7(2)5-6)12(9,10)11/h4-23H,24-26H2,1-3H3;3-5H,1-2H3,(H,9,10,11)/q+1;/p-1. The molecule has 290 valence electrons. The van der Waals surface area contributed by atoms with Gasteiger partial charge in [-0.2, -0.15) is 0 Å². The largest absolute Gasteiger partial charge is 0.744 e. The van der Waals surface area contributed by atoms with Gasteiger partial charge in [0.25, 0.3) is 0 Å². The second-order valence-corrected chi connectivity index (χ2v) is 17.0. The van der Waals surface area contributed by atoms with Gasteiger partial charge in [-0.15, -0.1) is 0 Å². The molecule has 0 bridgehead atoms. The smallest absolute Gasteiger partial charge is 0.344 e. The summed E-state index contributed by atoms with van der Waals surface area (Å²) in [6, 6.07) is 36.6. The number of hydrogen-bond acceptors (Lipinski definition) is 10. The van der Waals surface area contributed by atoms with E-state index < -0.39 is 32.6 Å². The summed E-state index contributed by atoms with van der Waals surface area (Å²) in [5, 5.41) is 0. The van der Waals surface area contributed by atoms with Gasteiger partial charge in [-0.25, -0.2) is 13.2 Å². The first kappa shape index (κ1) is 41.5. The number of rotatable bonds is 13. The molecule has 56 heavy (non-hydrogen) atoms. The molecule has 0 saturated carbocycles. The summed E-state index contributed by atoms with van der Waals surface area (Å²) in [7, 11) is -4.79. The van der Waals surface area contributed by atoms with Crippen LogP contribution in [0.25, 0.3) is 0 Å². The van der Waals surface area contributed by atoms with Crippen LogP contribution in [0.4, 0.5) is 0 Å². The summed E-state index contributed by atoms with van der Waals surface area (Å²) in [4.78, 5) is 23.4. The second-order valence-electron chi connectivity index (χ2n) is 13.6. The summed E-state index contributed by atoms with van der Waals surface area (Å²) >= 11 is 0. The molecule has 0 aliphatic carbocycles. The monoisotopic (exact) mass is 792 g/mol. The maximum Gasteiger partial charge on any atom is 0.344 e. The Labute approximate surface area is 331 Å². The average Bonchev–Trinajstić information content (AvgIpc) is 3.16. The predicted molar refractivity (Wildman–Crippen MR) is 214 cm³/mol. The van der Waals surface area contributed by atoms with E-state index in [-0.39, 0.29) is 11.5 Å². The Morgan fingerprint density at radius 2 is 1.16 bits per heavy atom. The van der Waals surface area contributed by atoms with Crippen LogP contribution in [0.5, 0.6) is 17.2 Å². The minimum atomic E-state index is -4.30. The predicted octanol–water partition coefficient (Wildman–Crippen LogP) is 8.66. The van der Waals surface area contributed by atoms with Gasteiger partial charge in [-0.3, -0.25) is 9.97 Å². The van der Waals surface area contributed by atoms with Crippen molar-refractivity contribution in [3.8, 4) is 17.2 Å². The highest BCUT2D eigenvalue weighted by Crippen LogP contribution is 2.35. The van der Waals surface area contributed by atoms with Crippen molar-refractivity contribution in [3.05, 3.63) is 162 Å². The number of aromatic nitrogens is 2. The topological polar surface area (TPSA) is 137 Å². The first-order valence-electron chi connectivity index (χ1n) is 17.7. The molecule has 0 atom stereocenters. The van der Waals surface area contributed by atoms with Gasteiger partial charge >= 0.3 is 5.97 Å². The number of aryl methyl sites for hydroxylation is 2. The highest BCUT2D eigenvalue weighted by atomic mass is 32.2. The van der Waals surface area contributed by atoms with Crippen molar-refractivity contribution in [1.82, 2.24) is 9.97 Å². The molecule has 0 amide bonds. The Hall–Kier alpha value is -5.69. The quantitative estimate of drug-likeness (QED) is 0.0635. The lowest BCUT2D eigenvalue weighted by atomic mass is 10.2. The summed E-state index contributed by atoms with van der Waals surface area (Å²) in [5.74, 6) is 1.74. The molecule has 0 saturated heterocycles. The number of esters is 1. The zero-order valence-electron chi connectivity index (χ0n) is 31.9. The third-order valence-electron chi connectivity index (χ3n) is 7.83. The Bertz CT molecular complexity index is 2210. The zero-order chi connectivity index (χ0) is 40.1. The molecule has 0 spiro atoms. The number of benzene rings is 4. The Morgan fingerprint density at radius 1 is 0.643 bits per heavy atom. The second kappa shape index (κ2) is 19.3. The SMILES string of the molecule is CC(C)(C)OC(=O)COc1ccc([S+](c2cccc(OCc3ccncc3)c2)c2cccc(OCc3ccncc3)c2)cc1.Cc1ccc(S(=O)(=O)[O-])c(C)c1. The third kappa shape index (κ3) is 13.0. The summed E-state index contributed by atoms with van der Waals surface area (Å²) in [6.45, 7) is 9.68. The minimum absolute atomic E-state index is 0.131. The fourth-order valence-corrected chi connectivity index (χ4v) is 8.16. The molecule has 2 aromatic heterocycles. The van der Waals surface area contributed by atoms with E-state index in [4.69, 9.17) is 18.9 Å². The van der Waals surface area contributed by atoms with Crippen LogP contribution in [-0.4, -0.2) is 41.1 Å². The van der Waals surface area contributed by atoms with Crippen LogP contribution in [0.2, 0.25) is 0 Å². The summed E-state index contributed by atoms with van der Waals surface area (Å²) in [5.41, 5.74) is 2.98. The van der Waals surface area contributed by atoms with Crippen molar-refractivity contribution in [3.63, 3.8) is 0 Å². The molecule has 0 aliphatic rings. The van der Waals surface area contributed by atoms with Crippen molar-refractivity contribution in [2.75, 3.05) is 6.61 Å². The van der Waals surface area contributed by atoms with Crippen LogP contribution in [-0.2, 0) is 43.8 Å². The van der Waals surface area contributed by atoms with E-state index in [0.29, 0.717) is 24.5 Å². The van der Waals surface area contributed by atoms with Crippen LogP contribution >= 0.6 is 0 Å². The van der Waals surface area contributed by atoms with Crippen LogP contribution < -0.4 is 14.2 Å². The molecule has 0 N–H and O–H groups in total. The van der Waals surface area contributed by atoms with Crippen molar-refractivity contribution >= 4 is 27.0 Å². The van der Waals surface area contributed by atoms with E-state index in [1.165, 1.54) is 6.07 Å². The van der Waals surface area contributed by atoms with Gasteiger partial charge in [0.15, 0.2) is 21.3 Å². The third-order valence-corrected chi connectivity index (χ3v) is 11.0. The molecule has 6 aromatic rings. The maximum atomic E-state index is 12.2. The van der Waals surface area contributed by atoms with Crippen LogP contribution in [0.15, 0.2) is 160 Å². The maximum absolute atomic E-state index is 12.2. The molecule has 0 fully saturated rings.